The van der Waals surface area contributed by atoms with E-state index in [1.54, 1.807) is 0 Å². The summed E-state index contributed by atoms with van der Waals surface area (Å²) in [6.45, 7) is 1.33. The molecule has 0 aromatic rings. The molecule has 0 saturated heterocycles. The Morgan fingerprint density at radius 1 is 0.865 bits per heavy atom. The van der Waals surface area contributed by atoms with Crippen molar-refractivity contribution in [1.82, 2.24) is 6.15 Å². The fraction of sp³-hybridized carbons (Fsp3) is 0.520. The third-order valence-electron chi connectivity index (χ3n) is 3.96. The molecule has 0 aromatic heterocycles. The molecule has 208 valence electrons. The number of phosphoric acid groups is 1. The smallest absolute Gasteiger partial charge is 0.790 e. The summed E-state index contributed by atoms with van der Waals surface area (Å²) in [5.74, 6) is 18.0. The molecule has 0 aromatic carbocycles. The maximum absolute atomic E-state index is 11.9. The molecule has 9 nitrogen and oxygen atoms in total. The molecule has 1 atom stereocenters. The van der Waals surface area contributed by atoms with E-state index in [4.69, 9.17) is 11.2 Å². The Balaban J connectivity index is -0.0000000825. The van der Waals surface area contributed by atoms with Crippen molar-refractivity contribution >= 4 is 19.8 Å². The van der Waals surface area contributed by atoms with Gasteiger partial charge in [0, 0.05) is 25.2 Å². The minimum Gasteiger partial charge on any atom is -0.790 e. The monoisotopic (exact) mass is 567 g/mol. The third kappa shape index (κ3) is 32.8. The Hall–Kier alpha value is -1.19. The number of carbonyl (C=O) groups is 2. The summed E-state index contributed by atoms with van der Waals surface area (Å²) < 4.78 is 24.5. The molecule has 0 heterocycles. The molecule has 0 radical (unpaired) electrons. The first kappa shape index (κ1) is 42.9. The van der Waals surface area contributed by atoms with E-state index in [0.717, 1.165) is 25.7 Å². The van der Waals surface area contributed by atoms with Gasteiger partial charge in [-0.2, -0.15) is 0 Å². The molecule has 0 unspecified atom stereocenters. The molecule has 0 rings (SSSR count). The average Bonchev–Trinajstić information content (AvgIpc) is 2.77. The van der Waals surface area contributed by atoms with Gasteiger partial charge in [0.25, 0.3) is 0 Å². The molecule has 0 spiro atoms. The fourth-order valence-electron chi connectivity index (χ4n) is 2.47. The molecule has 0 aliphatic heterocycles. The minimum atomic E-state index is -5.50. The Morgan fingerprint density at radius 2 is 1.35 bits per heavy atom. The van der Waals surface area contributed by atoms with Crippen LogP contribution in [0.3, 0.4) is 0 Å². The summed E-state index contributed by atoms with van der Waals surface area (Å²) in [5.41, 5.74) is 0. The van der Waals surface area contributed by atoms with E-state index in [0.29, 0.717) is 6.42 Å². The Morgan fingerprint density at radius 3 is 1.86 bits per heavy atom. The van der Waals surface area contributed by atoms with E-state index in [1.165, 1.54) is 25.7 Å². The normalized spacial score (nSPS) is 9.46. The first-order chi connectivity index (χ1) is 16.3. The standard InChI is InChI=1S/C25H29O8P.H3N.2Na.9H2/c1-3-5-7-9-11-13-15-17-19-21-24(27)32-25(33-34(28,29)30)22-31-23(26)20-18-16-14-12-10-8-6-4-2;;;;;;;;;;;;/h2,25H,3,5,7,9,11,13,15,17,19,21-22H2,1H3,(H2,28,29,30);1H3;;;9*1H/q;;2*+1;;;;;;;;;/p-2/t25-;;;;;;;;;;;;/m1............/s1. The fourth-order valence-corrected chi connectivity index (χ4v) is 2.86. The van der Waals surface area contributed by atoms with Gasteiger partial charge in [-0.1, -0.05) is 58.3 Å². The summed E-state index contributed by atoms with van der Waals surface area (Å²) in [6.07, 6.45) is 12.4. The van der Waals surface area contributed by atoms with E-state index in [2.05, 4.69) is 63.5 Å². The van der Waals surface area contributed by atoms with Crippen LogP contribution in [-0.2, 0) is 28.2 Å². The Kier molecular flexibility index (Phi) is 34.0. The van der Waals surface area contributed by atoms with Crippen molar-refractivity contribution in [3.63, 3.8) is 0 Å². The van der Waals surface area contributed by atoms with Crippen molar-refractivity contribution < 1.29 is 110 Å². The van der Waals surface area contributed by atoms with Gasteiger partial charge in [-0.15, -0.1) is 6.42 Å². The van der Waals surface area contributed by atoms with Gasteiger partial charge in [-0.05, 0) is 53.8 Å². The second kappa shape index (κ2) is 29.4. The van der Waals surface area contributed by atoms with Crippen LogP contribution in [0, 0.1) is 59.7 Å². The molecule has 37 heavy (non-hydrogen) atoms. The number of unbranched alkanes of at least 4 members (excludes halogenated alkanes) is 8. The number of hydrogen-bond acceptors (Lipinski definition) is 9. The average molecular weight is 568 g/mol. The van der Waals surface area contributed by atoms with Gasteiger partial charge >= 0.3 is 71.1 Å². The van der Waals surface area contributed by atoms with Crippen LogP contribution in [0.1, 0.15) is 84.0 Å². The van der Waals surface area contributed by atoms with Crippen molar-refractivity contribution in [1.29, 1.82) is 0 Å². The van der Waals surface area contributed by atoms with Crippen LogP contribution in [0.5, 0.6) is 0 Å². The van der Waals surface area contributed by atoms with Crippen molar-refractivity contribution in [2.24, 2.45) is 0 Å². The Labute approximate surface area is 278 Å². The van der Waals surface area contributed by atoms with Gasteiger partial charge in [0.15, 0.2) is 6.61 Å². The molecular weight excluding hydrogens is 519 g/mol. The van der Waals surface area contributed by atoms with Gasteiger partial charge in [-0.3, -0.25) is 4.79 Å². The van der Waals surface area contributed by atoms with Crippen LogP contribution in [-0.4, -0.2) is 24.8 Å². The molecular formula is C25H48NNa2O8P. The summed E-state index contributed by atoms with van der Waals surface area (Å²) in [6, 6.07) is 0. The third-order valence-corrected chi connectivity index (χ3v) is 4.45. The van der Waals surface area contributed by atoms with Crippen LogP contribution in [0.4, 0.5) is 0 Å². The molecule has 0 aliphatic carbocycles. The van der Waals surface area contributed by atoms with Crippen molar-refractivity contribution in [2.45, 2.75) is 77.4 Å². The first-order valence-electron chi connectivity index (χ1n) is 10.8. The van der Waals surface area contributed by atoms with E-state index in [-0.39, 0.29) is 84.5 Å². The SMILES string of the molecule is C#CC#CC#CC#CC#CC(=O)OC[C@H](OC(=O)CCCCCCCCCCC)OP(=O)([O-])[O-].N.[HH].[HH].[HH].[HH].[HH].[HH].[HH].[HH].[HH].[Na+].[Na+]. The zero-order chi connectivity index (χ0) is 25.5. The van der Waals surface area contributed by atoms with Gasteiger partial charge in [0.05, 0.1) is 7.82 Å². The van der Waals surface area contributed by atoms with E-state index in [1.807, 2.05) is 5.92 Å². The predicted molar refractivity (Wildman–Crippen MR) is 145 cm³/mol. The van der Waals surface area contributed by atoms with Gasteiger partial charge in [0.1, 0.15) is 0 Å². The largest absolute Gasteiger partial charge is 1.00 e. The van der Waals surface area contributed by atoms with E-state index in [9.17, 15) is 23.9 Å². The molecule has 12 heteroatoms. The number of rotatable bonds is 15. The summed E-state index contributed by atoms with van der Waals surface area (Å²) in [4.78, 5) is 45.2. The topological polar surface area (TPSA) is 160 Å². The van der Waals surface area contributed by atoms with Crippen LogP contribution < -0.4 is 75.1 Å². The number of terminal acetylenes is 1. The molecule has 0 saturated carbocycles. The number of carbonyl (C=O) groups excluding carboxylic acids is 2. The van der Waals surface area contributed by atoms with E-state index >= 15 is 0 Å². The molecule has 0 aliphatic rings. The summed E-state index contributed by atoms with van der Waals surface area (Å²) in [5, 5.41) is 0. The minimum absolute atomic E-state index is 0. The summed E-state index contributed by atoms with van der Waals surface area (Å²) in [7, 11) is -5.50. The van der Waals surface area contributed by atoms with Gasteiger partial charge in [-0.25, -0.2) is 4.79 Å². The van der Waals surface area contributed by atoms with Gasteiger partial charge in [0.2, 0.25) is 6.29 Å². The number of ether oxygens (including phenoxy) is 2. The van der Waals surface area contributed by atoms with Crippen molar-refractivity contribution in [3.05, 3.63) is 0 Å². The Bertz CT molecular complexity index is 1020. The second-order valence-corrected chi connectivity index (χ2v) is 7.90. The van der Waals surface area contributed by atoms with Crippen molar-refractivity contribution in [3.8, 4) is 59.7 Å². The van der Waals surface area contributed by atoms with Crippen LogP contribution >= 0.6 is 7.82 Å². The quantitative estimate of drug-likeness (QED) is 0.0458. The van der Waals surface area contributed by atoms with Crippen LogP contribution in [0.25, 0.3) is 0 Å². The first-order valence-corrected chi connectivity index (χ1v) is 12.3. The molecule has 0 amide bonds. The van der Waals surface area contributed by atoms with Crippen molar-refractivity contribution in [2.75, 3.05) is 6.61 Å². The van der Waals surface area contributed by atoms with Gasteiger partial charge < -0.3 is 34.5 Å². The van der Waals surface area contributed by atoms with Crippen LogP contribution in [0.2, 0.25) is 0 Å². The number of phosphoric ester groups is 1. The zero-order valence-corrected chi connectivity index (χ0v) is 26.7. The van der Waals surface area contributed by atoms with Crippen LogP contribution in [0.15, 0.2) is 0 Å². The predicted octanol–water partition coefficient (Wildman–Crippen LogP) is -1.80. The number of hydrogen-bond donors (Lipinski definition) is 1. The zero-order valence-electron chi connectivity index (χ0n) is 21.9. The maximum atomic E-state index is 11.9. The second-order valence-electron chi connectivity index (χ2n) is 6.79. The molecule has 0 fully saturated rings. The maximum Gasteiger partial charge on any atom is 1.00 e. The molecule has 3 N–H and O–H groups in total. The number of esters is 2. The molecule has 0 bridgehead atoms. The summed E-state index contributed by atoms with van der Waals surface area (Å²) >= 11 is 0. The van der Waals surface area contributed by atoms with E-state index < -0.39 is 32.7 Å².